The van der Waals surface area contributed by atoms with Crippen LogP contribution in [0.4, 0.5) is 4.79 Å². The van der Waals surface area contributed by atoms with E-state index in [4.69, 9.17) is 9.47 Å². The molecule has 4 rings (SSSR count). The predicted octanol–water partition coefficient (Wildman–Crippen LogP) is 3.69. The van der Waals surface area contributed by atoms with E-state index in [-0.39, 0.29) is 25.7 Å². The van der Waals surface area contributed by atoms with E-state index in [0.29, 0.717) is 32.3 Å². The molecule has 35 heavy (non-hydrogen) atoms. The summed E-state index contributed by atoms with van der Waals surface area (Å²) >= 11 is 0. The van der Waals surface area contributed by atoms with Gasteiger partial charge >= 0.3 is 12.1 Å². The van der Waals surface area contributed by atoms with Gasteiger partial charge < -0.3 is 25.2 Å². The topological polar surface area (TPSA) is 114 Å². The second-order valence-electron chi connectivity index (χ2n) is 9.27. The van der Waals surface area contributed by atoms with Crippen molar-refractivity contribution < 1.29 is 29.0 Å². The number of carboxylic acid groups (broad SMARTS) is 1. The van der Waals surface area contributed by atoms with Crippen LogP contribution in [0.15, 0.2) is 48.5 Å². The van der Waals surface area contributed by atoms with Gasteiger partial charge in [-0.1, -0.05) is 61.9 Å². The summed E-state index contributed by atoms with van der Waals surface area (Å²) in [6.45, 7) is 2.68. The highest BCUT2D eigenvalue weighted by Crippen LogP contribution is 2.44. The van der Waals surface area contributed by atoms with Crippen LogP contribution in [0.25, 0.3) is 11.1 Å². The summed E-state index contributed by atoms with van der Waals surface area (Å²) in [7, 11) is 0. The molecule has 8 heteroatoms. The Balaban J connectivity index is 1.39. The fourth-order valence-corrected chi connectivity index (χ4v) is 5.00. The molecule has 1 aliphatic heterocycles. The number of carboxylic acids is 1. The lowest BCUT2D eigenvalue weighted by Crippen LogP contribution is -2.56. The highest BCUT2D eigenvalue weighted by molar-refractivity contribution is 5.88. The second-order valence-corrected chi connectivity index (χ2v) is 9.27. The van der Waals surface area contributed by atoms with Crippen molar-refractivity contribution in [3.8, 4) is 11.1 Å². The Bertz CT molecular complexity index is 1030. The number of alkyl carbamates (subject to hydrolysis) is 1. The minimum absolute atomic E-state index is 0.00791. The maximum atomic E-state index is 13.1. The molecule has 3 N–H and O–H groups in total. The quantitative estimate of drug-likeness (QED) is 0.504. The summed E-state index contributed by atoms with van der Waals surface area (Å²) in [5.41, 5.74) is 3.49. The first kappa shape index (κ1) is 24.7. The maximum Gasteiger partial charge on any atom is 0.407 e. The van der Waals surface area contributed by atoms with E-state index >= 15 is 0 Å². The van der Waals surface area contributed by atoms with Crippen molar-refractivity contribution in [2.75, 3.05) is 26.4 Å². The smallest absolute Gasteiger partial charge is 0.407 e. The highest BCUT2D eigenvalue weighted by atomic mass is 16.5. The number of carbonyl (C=O) groups excluding carboxylic acids is 2. The summed E-state index contributed by atoms with van der Waals surface area (Å²) in [5, 5.41) is 14.8. The van der Waals surface area contributed by atoms with E-state index in [1.54, 1.807) is 0 Å². The third-order valence-corrected chi connectivity index (χ3v) is 6.90. The molecule has 0 radical (unpaired) electrons. The first-order valence-electron chi connectivity index (χ1n) is 12.2. The van der Waals surface area contributed by atoms with Gasteiger partial charge in [0.25, 0.3) is 0 Å². The van der Waals surface area contributed by atoms with Crippen molar-refractivity contribution in [2.45, 2.75) is 44.6 Å². The van der Waals surface area contributed by atoms with E-state index < -0.39 is 29.4 Å². The molecule has 186 valence electrons. The predicted molar refractivity (Wildman–Crippen MR) is 130 cm³/mol. The van der Waals surface area contributed by atoms with Crippen molar-refractivity contribution in [1.82, 2.24) is 10.6 Å². The van der Waals surface area contributed by atoms with Crippen LogP contribution in [0.1, 0.15) is 49.7 Å². The number of hydrogen-bond acceptors (Lipinski definition) is 5. The van der Waals surface area contributed by atoms with Gasteiger partial charge in [0.1, 0.15) is 12.6 Å². The van der Waals surface area contributed by atoms with Crippen molar-refractivity contribution in [3.05, 3.63) is 59.7 Å². The minimum Gasteiger partial charge on any atom is -0.480 e. The van der Waals surface area contributed by atoms with Gasteiger partial charge in [-0.3, -0.25) is 4.79 Å². The van der Waals surface area contributed by atoms with Gasteiger partial charge in [0.05, 0.1) is 12.0 Å². The van der Waals surface area contributed by atoms with Crippen molar-refractivity contribution in [2.24, 2.45) is 5.41 Å². The Morgan fingerprint density at radius 3 is 2.34 bits per heavy atom. The summed E-state index contributed by atoms with van der Waals surface area (Å²) < 4.78 is 11.2. The molecule has 2 aliphatic rings. The van der Waals surface area contributed by atoms with Gasteiger partial charge in [0, 0.05) is 19.1 Å². The monoisotopic (exact) mass is 480 g/mol. The van der Waals surface area contributed by atoms with Crippen LogP contribution in [0.5, 0.6) is 0 Å². The van der Waals surface area contributed by atoms with Crippen molar-refractivity contribution in [1.29, 1.82) is 0 Å². The zero-order valence-electron chi connectivity index (χ0n) is 19.9. The SMILES string of the molecule is CCC[C@H](NC(=O)C1(CNC(=O)OCC2c3ccccc3-c3ccccc32)CCCOC1)C(=O)O. The fraction of sp³-hybridized carbons (Fsp3) is 0.444. The number of ether oxygens (including phenoxy) is 2. The summed E-state index contributed by atoms with van der Waals surface area (Å²) in [5.74, 6) is -1.55. The lowest BCUT2D eigenvalue weighted by molar-refractivity contribution is -0.147. The van der Waals surface area contributed by atoms with Crippen LogP contribution in [0.3, 0.4) is 0 Å². The maximum absolute atomic E-state index is 13.1. The molecule has 1 aliphatic carbocycles. The fourth-order valence-electron chi connectivity index (χ4n) is 5.00. The van der Waals surface area contributed by atoms with Crippen LogP contribution >= 0.6 is 0 Å². The molecular formula is C27H32N2O6. The Labute approximate surface area is 205 Å². The molecule has 1 saturated heterocycles. The number of hydrogen-bond donors (Lipinski definition) is 3. The van der Waals surface area contributed by atoms with Crippen molar-refractivity contribution in [3.63, 3.8) is 0 Å². The van der Waals surface area contributed by atoms with Gasteiger partial charge in [0.15, 0.2) is 0 Å². The highest BCUT2D eigenvalue weighted by Gasteiger charge is 2.42. The van der Waals surface area contributed by atoms with E-state index in [9.17, 15) is 19.5 Å². The average molecular weight is 481 g/mol. The van der Waals surface area contributed by atoms with Crippen LogP contribution in [-0.4, -0.2) is 55.5 Å². The molecule has 0 spiro atoms. The molecule has 1 fully saturated rings. The van der Waals surface area contributed by atoms with Gasteiger partial charge in [0.2, 0.25) is 5.91 Å². The average Bonchev–Trinajstić information content (AvgIpc) is 3.20. The lowest BCUT2D eigenvalue weighted by atomic mass is 9.81. The van der Waals surface area contributed by atoms with Crippen LogP contribution in [0.2, 0.25) is 0 Å². The number of fused-ring (bicyclic) bond motifs is 3. The van der Waals surface area contributed by atoms with E-state index in [1.807, 2.05) is 31.2 Å². The Hall–Kier alpha value is -3.39. The largest absolute Gasteiger partial charge is 0.480 e. The molecule has 2 aromatic rings. The summed E-state index contributed by atoms with van der Waals surface area (Å²) in [6.07, 6.45) is 1.47. The molecule has 2 atom stereocenters. The number of aliphatic carboxylic acids is 1. The molecule has 0 saturated carbocycles. The molecule has 0 bridgehead atoms. The normalized spacial score (nSPS) is 19.8. The van der Waals surface area contributed by atoms with Gasteiger partial charge in [-0.25, -0.2) is 9.59 Å². The molecule has 0 aromatic heterocycles. The number of amides is 2. The summed E-state index contributed by atoms with van der Waals surface area (Å²) in [4.78, 5) is 37.3. The van der Waals surface area contributed by atoms with E-state index in [1.165, 1.54) is 0 Å². The molecular weight excluding hydrogens is 448 g/mol. The number of carbonyl (C=O) groups is 3. The standard InChI is InChI=1S/C27H32N2O6/c1-2-8-23(24(30)31)29-25(32)27(13-7-14-34-17-27)16-28-26(33)35-15-22-20-11-5-3-9-18(20)19-10-4-6-12-21(19)22/h3-6,9-12,22-23H,2,7-8,13-17H2,1H3,(H,28,33)(H,29,32)(H,30,31)/t23-,27?/m0/s1. The van der Waals surface area contributed by atoms with E-state index in [0.717, 1.165) is 22.3 Å². The molecule has 1 heterocycles. The molecule has 8 nitrogen and oxygen atoms in total. The third kappa shape index (κ3) is 5.32. The molecule has 2 aromatic carbocycles. The van der Waals surface area contributed by atoms with Gasteiger partial charge in [-0.2, -0.15) is 0 Å². The Kier molecular flexibility index (Phi) is 7.70. The number of rotatable bonds is 9. The Morgan fingerprint density at radius 2 is 1.77 bits per heavy atom. The number of nitrogens with one attached hydrogen (secondary N) is 2. The second kappa shape index (κ2) is 10.9. The van der Waals surface area contributed by atoms with Crippen LogP contribution in [-0.2, 0) is 19.1 Å². The molecule has 1 unspecified atom stereocenters. The number of benzene rings is 2. The zero-order valence-corrected chi connectivity index (χ0v) is 19.9. The van der Waals surface area contributed by atoms with Crippen LogP contribution in [0, 0.1) is 5.41 Å². The first-order chi connectivity index (χ1) is 16.9. The van der Waals surface area contributed by atoms with Crippen molar-refractivity contribution >= 4 is 18.0 Å². The van der Waals surface area contributed by atoms with Gasteiger partial charge in [-0.05, 0) is 41.5 Å². The molecule has 2 amide bonds. The van der Waals surface area contributed by atoms with Crippen LogP contribution < -0.4 is 10.6 Å². The zero-order chi connectivity index (χ0) is 24.8. The first-order valence-corrected chi connectivity index (χ1v) is 12.2. The lowest BCUT2D eigenvalue weighted by Gasteiger charge is -2.36. The summed E-state index contributed by atoms with van der Waals surface area (Å²) in [6, 6.07) is 15.2. The Morgan fingerprint density at radius 1 is 1.11 bits per heavy atom. The van der Waals surface area contributed by atoms with E-state index in [2.05, 4.69) is 34.9 Å². The van der Waals surface area contributed by atoms with Gasteiger partial charge in [-0.15, -0.1) is 0 Å². The third-order valence-electron chi connectivity index (χ3n) is 6.90. The minimum atomic E-state index is -1.07.